The molecule has 1 aliphatic heterocycles. The summed E-state index contributed by atoms with van der Waals surface area (Å²) in [6.07, 6.45) is 0. The van der Waals surface area contributed by atoms with Gasteiger partial charge in [0.1, 0.15) is 12.3 Å². The maximum Gasteiger partial charge on any atom is 0.358 e. The highest BCUT2D eigenvalue weighted by atomic mass is 16.5. The Morgan fingerprint density at radius 2 is 2.12 bits per heavy atom. The molecule has 0 spiro atoms. The molecular weight excluding hydrogens is 108 g/mol. The van der Waals surface area contributed by atoms with Gasteiger partial charge in [-0.3, -0.25) is 10.8 Å². The van der Waals surface area contributed by atoms with Gasteiger partial charge in [-0.25, -0.2) is 4.79 Å². The molecule has 0 aromatic rings. The number of hydrogen-bond acceptors (Lipinski definition) is 4. The maximum atomic E-state index is 10.2. The Morgan fingerprint density at radius 3 is 2.25 bits per heavy atom. The summed E-state index contributed by atoms with van der Waals surface area (Å²) in [4.78, 5) is 10.2. The number of carbonyl (C=O) groups excluding carboxylic acids is 1. The van der Waals surface area contributed by atoms with Crippen LogP contribution in [-0.4, -0.2) is 24.0 Å². The molecule has 0 amide bonds. The zero-order valence-corrected chi connectivity index (χ0v) is 4.02. The predicted octanol–water partition coefficient (Wildman–Crippen LogP) is -0.417. The number of cyclic esters (lactones) is 1. The molecule has 1 aliphatic rings. The van der Waals surface area contributed by atoms with E-state index in [1.807, 2.05) is 0 Å². The highest BCUT2D eigenvalue weighted by Crippen LogP contribution is 1.94. The monoisotopic (exact) mass is 112 g/mol. The largest absolute Gasteiger partial charge is 0.454 e. The molecule has 0 aliphatic carbocycles. The van der Waals surface area contributed by atoms with Crippen LogP contribution in [0.3, 0.4) is 0 Å². The lowest BCUT2D eigenvalue weighted by Crippen LogP contribution is -2.11. The Bertz CT molecular complexity index is 155. The van der Waals surface area contributed by atoms with Gasteiger partial charge in [-0.2, -0.15) is 0 Å². The first kappa shape index (κ1) is 4.96. The molecule has 1 fully saturated rings. The summed E-state index contributed by atoms with van der Waals surface area (Å²) < 4.78 is 4.29. The van der Waals surface area contributed by atoms with Crippen molar-refractivity contribution >= 4 is 17.4 Å². The van der Waals surface area contributed by atoms with Crippen molar-refractivity contribution in [3.05, 3.63) is 0 Å². The fraction of sp³-hybridized carbons (Fsp3) is 0.250. The lowest BCUT2D eigenvalue weighted by atomic mass is 10.3. The summed E-state index contributed by atoms with van der Waals surface area (Å²) in [5.41, 5.74) is -0.347. The van der Waals surface area contributed by atoms with Gasteiger partial charge in [-0.05, 0) is 0 Å². The quantitative estimate of drug-likeness (QED) is 0.418. The second kappa shape index (κ2) is 1.40. The minimum absolute atomic E-state index is 0.0301. The van der Waals surface area contributed by atoms with Crippen LogP contribution in [0, 0.1) is 10.8 Å². The van der Waals surface area contributed by atoms with Gasteiger partial charge in [0.2, 0.25) is 0 Å². The molecule has 1 heterocycles. The van der Waals surface area contributed by atoms with E-state index in [4.69, 9.17) is 10.8 Å². The van der Waals surface area contributed by atoms with Crippen LogP contribution in [0.2, 0.25) is 0 Å². The van der Waals surface area contributed by atoms with Crippen molar-refractivity contribution in [3.8, 4) is 0 Å². The predicted molar refractivity (Wildman–Crippen MR) is 26.4 cm³/mol. The standard InChI is InChI=1S/C4H4N2O2/c5-2-1-8-4(7)3(2)6/h5-6H,1H2. The molecule has 8 heavy (non-hydrogen) atoms. The zero-order chi connectivity index (χ0) is 6.15. The van der Waals surface area contributed by atoms with Gasteiger partial charge in [0.25, 0.3) is 0 Å². The van der Waals surface area contributed by atoms with E-state index in [2.05, 4.69) is 4.74 Å². The molecule has 1 rings (SSSR count). The van der Waals surface area contributed by atoms with Gasteiger partial charge in [-0.15, -0.1) is 0 Å². The molecule has 1 saturated heterocycles. The molecule has 0 bridgehead atoms. The van der Waals surface area contributed by atoms with Gasteiger partial charge in [-0.1, -0.05) is 0 Å². The van der Waals surface area contributed by atoms with Crippen LogP contribution in [0.25, 0.3) is 0 Å². The summed E-state index contributed by atoms with van der Waals surface area (Å²) >= 11 is 0. The van der Waals surface area contributed by atoms with E-state index in [9.17, 15) is 4.79 Å². The highest BCUT2D eigenvalue weighted by Gasteiger charge is 2.24. The van der Waals surface area contributed by atoms with Gasteiger partial charge >= 0.3 is 5.97 Å². The van der Waals surface area contributed by atoms with E-state index >= 15 is 0 Å². The van der Waals surface area contributed by atoms with Crippen LogP contribution in [0.4, 0.5) is 0 Å². The van der Waals surface area contributed by atoms with E-state index in [1.165, 1.54) is 0 Å². The number of rotatable bonds is 0. The van der Waals surface area contributed by atoms with Crippen LogP contribution >= 0.6 is 0 Å². The summed E-state index contributed by atoms with van der Waals surface area (Å²) in [5, 5.41) is 13.6. The fourth-order valence-corrected chi connectivity index (χ4v) is 0.405. The van der Waals surface area contributed by atoms with Gasteiger partial charge in [0.05, 0.1) is 0 Å². The fourth-order valence-electron chi connectivity index (χ4n) is 0.405. The molecule has 4 heteroatoms. The summed E-state index contributed by atoms with van der Waals surface area (Å²) in [6, 6.07) is 0. The molecule has 4 nitrogen and oxygen atoms in total. The number of carbonyl (C=O) groups is 1. The highest BCUT2D eigenvalue weighted by molar-refractivity contribution is 6.66. The van der Waals surface area contributed by atoms with Gasteiger partial charge in [0, 0.05) is 0 Å². The van der Waals surface area contributed by atoms with Crippen LogP contribution in [0.5, 0.6) is 0 Å². The number of nitrogens with one attached hydrogen (secondary N) is 2. The van der Waals surface area contributed by atoms with Gasteiger partial charge in [0.15, 0.2) is 5.71 Å². The third kappa shape index (κ3) is 0.501. The lowest BCUT2D eigenvalue weighted by molar-refractivity contribution is -0.132. The number of esters is 1. The van der Waals surface area contributed by atoms with E-state index < -0.39 is 5.97 Å². The van der Waals surface area contributed by atoms with Crippen molar-refractivity contribution in [1.29, 1.82) is 10.8 Å². The summed E-state index contributed by atoms with van der Waals surface area (Å²) in [5.74, 6) is -0.685. The zero-order valence-electron chi connectivity index (χ0n) is 4.02. The Balaban J connectivity index is 2.86. The molecule has 0 aromatic heterocycles. The Morgan fingerprint density at radius 1 is 1.50 bits per heavy atom. The summed E-state index contributed by atoms with van der Waals surface area (Å²) in [6.45, 7) is -0.0301. The first-order valence-electron chi connectivity index (χ1n) is 2.05. The molecule has 2 N–H and O–H groups in total. The van der Waals surface area contributed by atoms with Crippen LogP contribution in [-0.2, 0) is 9.53 Å². The molecule has 42 valence electrons. The van der Waals surface area contributed by atoms with Crippen molar-refractivity contribution in [2.24, 2.45) is 0 Å². The second-order valence-corrected chi connectivity index (χ2v) is 1.43. The number of ether oxygens (including phenoxy) is 1. The smallest absolute Gasteiger partial charge is 0.358 e. The van der Waals surface area contributed by atoms with Crippen LogP contribution < -0.4 is 0 Å². The molecule has 0 aromatic carbocycles. The molecular formula is C4H4N2O2. The Labute approximate surface area is 45.5 Å². The van der Waals surface area contributed by atoms with Crippen LogP contribution in [0.1, 0.15) is 0 Å². The third-order valence-electron chi connectivity index (χ3n) is 0.854. The third-order valence-corrected chi connectivity index (χ3v) is 0.854. The van der Waals surface area contributed by atoms with Crippen molar-refractivity contribution in [3.63, 3.8) is 0 Å². The van der Waals surface area contributed by atoms with E-state index in [-0.39, 0.29) is 18.0 Å². The van der Waals surface area contributed by atoms with Crippen molar-refractivity contribution < 1.29 is 9.53 Å². The van der Waals surface area contributed by atoms with E-state index in [0.29, 0.717) is 0 Å². The Hall–Kier alpha value is -1.19. The number of hydrogen-bond donors (Lipinski definition) is 2. The maximum absolute atomic E-state index is 10.2. The average molecular weight is 112 g/mol. The molecule has 0 unspecified atom stereocenters. The lowest BCUT2D eigenvalue weighted by Gasteiger charge is -1.79. The van der Waals surface area contributed by atoms with Crippen molar-refractivity contribution in [1.82, 2.24) is 0 Å². The van der Waals surface area contributed by atoms with Crippen molar-refractivity contribution in [2.75, 3.05) is 6.61 Å². The first-order chi connectivity index (χ1) is 3.72. The minimum atomic E-state index is -0.685. The average Bonchev–Trinajstić information content (AvgIpc) is 1.98. The van der Waals surface area contributed by atoms with Crippen molar-refractivity contribution in [2.45, 2.75) is 0 Å². The Kier molecular flexibility index (Phi) is 0.865. The second-order valence-electron chi connectivity index (χ2n) is 1.43. The van der Waals surface area contributed by atoms with Crippen LogP contribution in [0.15, 0.2) is 0 Å². The van der Waals surface area contributed by atoms with E-state index in [0.717, 1.165) is 0 Å². The molecule has 0 saturated carbocycles. The topological polar surface area (TPSA) is 74.0 Å². The molecule has 0 radical (unpaired) electrons. The SMILES string of the molecule is N=C1COC(=O)C1=N. The minimum Gasteiger partial charge on any atom is -0.454 e. The first-order valence-corrected chi connectivity index (χ1v) is 2.05. The normalized spacial score (nSPS) is 19.2. The molecule has 0 atom stereocenters. The van der Waals surface area contributed by atoms with E-state index in [1.54, 1.807) is 0 Å². The summed E-state index contributed by atoms with van der Waals surface area (Å²) in [7, 11) is 0. The van der Waals surface area contributed by atoms with Gasteiger partial charge < -0.3 is 4.74 Å².